The van der Waals surface area contributed by atoms with Crippen LogP contribution < -0.4 is 5.32 Å². The third kappa shape index (κ3) is 3.53. The van der Waals surface area contributed by atoms with Crippen molar-refractivity contribution in [3.63, 3.8) is 0 Å². The number of aryl methyl sites for hydroxylation is 1. The third-order valence-electron chi connectivity index (χ3n) is 2.75. The van der Waals surface area contributed by atoms with Gasteiger partial charge < -0.3 is 10.1 Å². The summed E-state index contributed by atoms with van der Waals surface area (Å²) in [5, 5.41) is 3.66. The number of anilines is 1. The van der Waals surface area contributed by atoms with Crippen LogP contribution in [0.1, 0.15) is 20.1 Å². The highest BCUT2D eigenvalue weighted by molar-refractivity contribution is 9.10. The number of halogens is 2. The van der Waals surface area contributed by atoms with Crippen molar-refractivity contribution < 1.29 is 9.53 Å². The van der Waals surface area contributed by atoms with Crippen molar-refractivity contribution in [2.24, 2.45) is 0 Å². The Morgan fingerprint density at radius 1 is 1.45 bits per heavy atom. The molecule has 0 radical (unpaired) electrons. The van der Waals surface area contributed by atoms with Crippen molar-refractivity contribution >= 4 is 50.5 Å². The quantitative estimate of drug-likeness (QED) is 0.776. The molecule has 6 heteroatoms. The van der Waals surface area contributed by atoms with E-state index < -0.39 is 5.97 Å². The molecule has 1 aromatic heterocycles. The molecule has 1 N–H and O–H groups in total. The molecule has 0 fully saturated rings. The van der Waals surface area contributed by atoms with Crippen LogP contribution in [0.5, 0.6) is 0 Å². The highest BCUT2D eigenvalue weighted by Gasteiger charge is 2.11. The summed E-state index contributed by atoms with van der Waals surface area (Å²) < 4.78 is 5.81. The van der Waals surface area contributed by atoms with E-state index in [9.17, 15) is 4.79 Å². The molecular weight excluding hydrogens is 362 g/mol. The number of carbonyl (C=O) groups excluding carboxylic acids is 1. The summed E-state index contributed by atoms with van der Waals surface area (Å²) in [6, 6.07) is 7.31. The van der Waals surface area contributed by atoms with E-state index in [-0.39, 0.29) is 0 Å². The molecule has 0 aliphatic carbocycles. The molecule has 0 spiro atoms. The normalized spacial score (nSPS) is 10.4. The standard InChI is InChI=1S/C14H13BrClNO2S/c1-8-12(15)6-10(20-8)7-17-9-3-4-13(16)11(5-9)14(18)19-2/h3-6,17H,7H2,1-2H3. The smallest absolute Gasteiger partial charge is 0.339 e. The number of nitrogens with one attached hydrogen (secondary N) is 1. The fourth-order valence-corrected chi connectivity index (χ4v) is 3.43. The maximum atomic E-state index is 11.6. The van der Waals surface area contributed by atoms with Gasteiger partial charge in [-0.05, 0) is 47.1 Å². The number of thiophene rings is 1. The predicted octanol–water partition coefficient (Wildman–Crippen LogP) is 4.87. The second-order valence-electron chi connectivity index (χ2n) is 4.16. The van der Waals surface area contributed by atoms with Crippen LogP contribution in [-0.4, -0.2) is 13.1 Å². The number of methoxy groups -OCH3 is 1. The minimum Gasteiger partial charge on any atom is -0.465 e. The van der Waals surface area contributed by atoms with Gasteiger partial charge in [0, 0.05) is 26.5 Å². The Bertz CT molecular complexity index is 623. The van der Waals surface area contributed by atoms with Crippen LogP contribution in [0.15, 0.2) is 28.7 Å². The molecule has 2 rings (SSSR count). The molecule has 0 amide bonds. The molecule has 0 atom stereocenters. The zero-order chi connectivity index (χ0) is 14.7. The van der Waals surface area contributed by atoms with E-state index in [4.69, 9.17) is 16.3 Å². The Kier molecular flexibility index (Phi) is 5.07. The van der Waals surface area contributed by atoms with Crippen LogP contribution in [0.2, 0.25) is 5.02 Å². The van der Waals surface area contributed by atoms with Gasteiger partial charge in [-0.15, -0.1) is 11.3 Å². The van der Waals surface area contributed by atoms with Crippen molar-refractivity contribution in [3.05, 3.63) is 49.1 Å². The molecule has 1 aromatic carbocycles. The minimum atomic E-state index is -0.437. The largest absolute Gasteiger partial charge is 0.465 e. The first kappa shape index (κ1) is 15.4. The summed E-state index contributed by atoms with van der Waals surface area (Å²) in [5.41, 5.74) is 1.19. The van der Waals surface area contributed by atoms with Gasteiger partial charge in [-0.1, -0.05) is 11.6 Å². The number of ether oxygens (including phenoxy) is 1. The fourth-order valence-electron chi connectivity index (χ4n) is 1.70. The van der Waals surface area contributed by atoms with Crippen molar-refractivity contribution in [1.29, 1.82) is 0 Å². The summed E-state index contributed by atoms with van der Waals surface area (Å²) in [7, 11) is 1.34. The van der Waals surface area contributed by atoms with E-state index in [0.29, 0.717) is 17.1 Å². The molecule has 0 aliphatic rings. The second kappa shape index (κ2) is 6.61. The Morgan fingerprint density at radius 2 is 2.20 bits per heavy atom. The lowest BCUT2D eigenvalue weighted by molar-refractivity contribution is 0.0601. The van der Waals surface area contributed by atoms with Gasteiger partial charge in [0.25, 0.3) is 0 Å². The number of hydrogen-bond acceptors (Lipinski definition) is 4. The highest BCUT2D eigenvalue weighted by atomic mass is 79.9. The van der Waals surface area contributed by atoms with Crippen LogP contribution in [0.4, 0.5) is 5.69 Å². The lowest BCUT2D eigenvalue weighted by Gasteiger charge is -2.08. The summed E-state index contributed by atoms with van der Waals surface area (Å²) >= 11 is 11.2. The van der Waals surface area contributed by atoms with Gasteiger partial charge in [0.1, 0.15) is 0 Å². The van der Waals surface area contributed by atoms with Gasteiger partial charge in [0.2, 0.25) is 0 Å². The zero-order valence-electron chi connectivity index (χ0n) is 11.0. The molecule has 0 bridgehead atoms. The van der Waals surface area contributed by atoms with E-state index in [2.05, 4.69) is 34.2 Å². The number of carbonyl (C=O) groups is 1. The SMILES string of the molecule is COC(=O)c1cc(NCc2cc(Br)c(C)s2)ccc1Cl. The van der Waals surface area contributed by atoms with Crippen LogP contribution in [0, 0.1) is 6.92 Å². The highest BCUT2D eigenvalue weighted by Crippen LogP contribution is 2.27. The Labute approximate surface area is 135 Å². The van der Waals surface area contributed by atoms with Crippen LogP contribution in [-0.2, 0) is 11.3 Å². The lowest BCUT2D eigenvalue weighted by Crippen LogP contribution is -2.04. The molecule has 1 heterocycles. The second-order valence-corrected chi connectivity index (χ2v) is 6.76. The summed E-state index contributed by atoms with van der Waals surface area (Å²) in [6.07, 6.45) is 0. The van der Waals surface area contributed by atoms with Crippen molar-refractivity contribution in [1.82, 2.24) is 0 Å². The van der Waals surface area contributed by atoms with Gasteiger partial charge >= 0.3 is 5.97 Å². The van der Waals surface area contributed by atoms with Crippen molar-refractivity contribution in [2.75, 3.05) is 12.4 Å². The van der Waals surface area contributed by atoms with Crippen LogP contribution in [0.25, 0.3) is 0 Å². The summed E-state index contributed by atoms with van der Waals surface area (Å²) in [4.78, 5) is 14.0. The van der Waals surface area contributed by atoms with Crippen molar-refractivity contribution in [2.45, 2.75) is 13.5 Å². The van der Waals surface area contributed by atoms with E-state index in [1.165, 1.54) is 16.9 Å². The zero-order valence-corrected chi connectivity index (χ0v) is 14.2. The van der Waals surface area contributed by atoms with E-state index in [0.717, 1.165) is 10.2 Å². The van der Waals surface area contributed by atoms with Gasteiger partial charge in [-0.3, -0.25) is 0 Å². The van der Waals surface area contributed by atoms with Gasteiger partial charge in [-0.25, -0.2) is 4.79 Å². The van der Waals surface area contributed by atoms with Crippen molar-refractivity contribution in [3.8, 4) is 0 Å². The topological polar surface area (TPSA) is 38.3 Å². The first-order chi connectivity index (χ1) is 9.51. The van der Waals surface area contributed by atoms with Gasteiger partial charge in [-0.2, -0.15) is 0 Å². The van der Waals surface area contributed by atoms with Crippen LogP contribution >= 0.6 is 38.9 Å². The monoisotopic (exact) mass is 373 g/mol. The minimum absolute atomic E-state index is 0.364. The van der Waals surface area contributed by atoms with Gasteiger partial charge in [0.05, 0.1) is 17.7 Å². The first-order valence-corrected chi connectivity index (χ1v) is 7.86. The predicted molar refractivity (Wildman–Crippen MR) is 86.9 cm³/mol. The Balaban J connectivity index is 2.12. The number of esters is 1. The number of benzene rings is 1. The Morgan fingerprint density at radius 3 is 2.80 bits per heavy atom. The average molecular weight is 375 g/mol. The summed E-state index contributed by atoms with van der Waals surface area (Å²) in [5.74, 6) is -0.437. The third-order valence-corrected chi connectivity index (χ3v) is 5.21. The molecule has 0 saturated carbocycles. The van der Waals surface area contributed by atoms with Gasteiger partial charge in [0.15, 0.2) is 0 Å². The average Bonchev–Trinajstić information content (AvgIpc) is 2.76. The first-order valence-electron chi connectivity index (χ1n) is 5.88. The number of hydrogen-bond donors (Lipinski definition) is 1. The van der Waals surface area contributed by atoms with Crippen LogP contribution in [0.3, 0.4) is 0 Å². The maximum absolute atomic E-state index is 11.6. The molecule has 20 heavy (non-hydrogen) atoms. The molecule has 0 saturated heterocycles. The Hall–Kier alpha value is -1.04. The summed E-state index contributed by atoms with van der Waals surface area (Å²) in [6.45, 7) is 2.76. The van der Waals surface area contributed by atoms with E-state index >= 15 is 0 Å². The molecule has 3 nitrogen and oxygen atoms in total. The van der Waals surface area contributed by atoms with E-state index in [1.54, 1.807) is 23.5 Å². The lowest BCUT2D eigenvalue weighted by atomic mass is 10.2. The number of rotatable bonds is 4. The molecule has 0 aliphatic heterocycles. The molecule has 2 aromatic rings. The maximum Gasteiger partial charge on any atom is 0.339 e. The molecule has 106 valence electrons. The molecular formula is C14H13BrClNO2S. The fraction of sp³-hybridized carbons (Fsp3) is 0.214. The molecule has 0 unspecified atom stereocenters. The van der Waals surface area contributed by atoms with E-state index in [1.807, 2.05) is 6.07 Å².